The first kappa shape index (κ1) is 10.9. The van der Waals surface area contributed by atoms with Gasteiger partial charge < -0.3 is 0 Å². The van der Waals surface area contributed by atoms with Crippen LogP contribution in [-0.2, 0) is 10.8 Å². The van der Waals surface area contributed by atoms with Crippen LogP contribution in [0, 0.1) is 0 Å². The maximum Gasteiger partial charge on any atom is 0.0234 e. The van der Waals surface area contributed by atoms with Gasteiger partial charge in [0.05, 0.1) is 0 Å². The first-order chi connectivity index (χ1) is 4.81. The molecule has 0 fully saturated rings. The third kappa shape index (κ3) is 6.99. The van der Waals surface area contributed by atoms with E-state index in [-0.39, 0.29) is 0 Å². The Hall–Kier alpha value is 0.880. The topological polar surface area (TPSA) is 17.1 Å². The molecular formula is C7H15IOS. The molecule has 0 spiro atoms. The number of hydrogen-bond acceptors (Lipinski definition) is 1. The lowest BCUT2D eigenvalue weighted by Gasteiger charge is -1.96. The molecule has 0 radical (unpaired) electrons. The van der Waals surface area contributed by atoms with Gasteiger partial charge in [0.25, 0.3) is 0 Å². The molecular weight excluding hydrogens is 259 g/mol. The van der Waals surface area contributed by atoms with Crippen molar-refractivity contribution in [2.24, 2.45) is 0 Å². The van der Waals surface area contributed by atoms with Crippen molar-refractivity contribution in [1.82, 2.24) is 0 Å². The van der Waals surface area contributed by atoms with Gasteiger partial charge in [-0.15, -0.1) is 0 Å². The minimum absolute atomic E-state index is 0.533. The van der Waals surface area contributed by atoms with E-state index < -0.39 is 10.8 Å². The van der Waals surface area contributed by atoms with Gasteiger partial charge in [0.1, 0.15) is 0 Å². The Labute approximate surface area is 79.6 Å². The molecule has 0 N–H and O–H groups in total. The highest BCUT2D eigenvalue weighted by Gasteiger charge is 1.94. The molecule has 3 heteroatoms. The zero-order chi connectivity index (χ0) is 7.82. The van der Waals surface area contributed by atoms with Crippen molar-refractivity contribution in [3.05, 3.63) is 0 Å². The summed E-state index contributed by atoms with van der Waals surface area (Å²) in [5.41, 5.74) is 0. The van der Waals surface area contributed by atoms with E-state index in [4.69, 9.17) is 0 Å². The van der Waals surface area contributed by atoms with Gasteiger partial charge in [-0.3, -0.25) is 4.21 Å². The molecule has 0 aliphatic carbocycles. The molecule has 0 aromatic carbocycles. The minimum atomic E-state index is -0.533. The Bertz CT molecular complexity index is 95.6. The molecule has 0 aromatic rings. The number of hydrogen-bond donors (Lipinski definition) is 0. The minimum Gasteiger partial charge on any atom is -0.260 e. The van der Waals surface area contributed by atoms with Crippen LogP contribution >= 0.6 is 22.6 Å². The van der Waals surface area contributed by atoms with E-state index in [2.05, 4.69) is 22.6 Å². The highest BCUT2D eigenvalue weighted by Crippen LogP contribution is 2.00. The summed E-state index contributed by atoms with van der Waals surface area (Å²) in [5, 5.41) is 0. The molecule has 0 aromatic heterocycles. The summed E-state index contributed by atoms with van der Waals surface area (Å²) in [6, 6.07) is 0. The highest BCUT2D eigenvalue weighted by molar-refractivity contribution is 14.1. The molecule has 0 amide bonds. The summed E-state index contributed by atoms with van der Waals surface area (Å²) in [6.07, 6.45) is 3.67. The van der Waals surface area contributed by atoms with Gasteiger partial charge in [0.2, 0.25) is 0 Å². The summed E-state index contributed by atoms with van der Waals surface area (Å²) in [5.74, 6) is 1.73. The molecule has 62 valence electrons. The van der Waals surface area contributed by atoms with Crippen molar-refractivity contribution in [1.29, 1.82) is 0 Å². The lowest BCUT2D eigenvalue weighted by atomic mass is 10.3. The summed E-state index contributed by atoms with van der Waals surface area (Å²) in [4.78, 5) is 0. The summed E-state index contributed by atoms with van der Waals surface area (Å²) < 4.78 is 12.1. The fraction of sp³-hybridized carbons (Fsp3) is 1.00. The van der Waals surface area contributed by atoms with Crippen molar-refractivity contribution in [2.75, 3.05) is 15.9 Å². The van der Waals surface area contributed by atoms with Crippen LogP contribution in [0.2, 0.25) is 0 Å². The van der Waals surface area contributed by atoms with Crippen molar-refractivity contribution >= 4 is 33.4 Å². The SMILES string of the molecule is CCS(=O)CCCCCI. The van der Waals surface area contributed by atoms with E-state index in [1.807, 2.05) is 6.92 Å². The van der Waals surface area contributed by atoms with Crippen LogP contribution < -0.4 is 0 Å². The Morgan fingerprint density at radius 2 is 2.00 bits per heavy atom. The zero-order valence-electron chi connectivity index (χ0n) is 6.44. The predicted molar refractivity (Wildman–Crippen MR) is 56.3 cm³/mol. The third-order valence-electron chi connectivity index (χ3n) is 1.33. The Balaban J connectivity index is 2.96. The van der Waals surface area contributed by atoms with Crippen LogP contribution in [0.3, 0.4) is 0 Å². The van der Waals surface area contributed by atoms with Crippen molar-refractivity contribution in [2.45, 2.75) is 26.2 Å². The molecule has 0 heterocycles. The standard InChI is InChI=1S/C7H15IOS/c1-2-10(9)7-5-3-4-6-8/h2-7H2,1H3. The van der Waals surface area contributed by atoms with E-state index in [9.17, 15) is 4.21 Å². The van der Waals surface area contributed by atoms with Gasteiger partial charge in [-0.1, -0.05) is 35.9 Å². The number of halogens is 1. The molecule has 10 heavy (non-hydrogen) atoms. The zero-order valence-corrected chi connectivity index (χ0v) is 9.41. The second kappa shape index (κ2) is 7.98. The fourth-order valence-corrected chi connectivity index (χ4v) is 2.03. The molecule has 0 aliphatic rings. The summed E-state index contributed by atoms with van der Waals surface area (Å²) in [6.45, 7) is 1.98. The van der Waals surface area contributed by atoms with E-state index in [1.165, 1.54) is 17.3 Å². The van der Waals surface area contributed by atoms with Crippen molar-refractivity contribution in [3.8, 4) is 0 Å². The van der Waals surface area contributed by atoms with Crippen LogP contribution in [0.1, 0.15) is 26.2 Å². The molecule has 1 unspecified atom stereocenters. The predicted octanol–water partition coefficient (Wildman–Crippen LogP) is 2.36. The average molecular weight is 274 g/mol. The van der Waals surface area contributed by atoms with Gasteiger partial charge >= 0.3 is 0 Å². The van der Waals surface area contributed by atoms with Crippen molar-refractivity contribution < 1.29 is 4.21 Å². The first-order valence-corrected chi connectivity index (χ1v) is 6.73. The van der Waals surface area contributed by atoms with Crippen LogP contribution in [0.15, 0.2) is 0 Å². The Morgan fingerprint density at radius 3 is 2.50 bits per heavy atom. The largest absolute Gasteiger partial charge is 0.260 e. The third-order valence-corrected chi connectivity index (χ3v) is 3.48. The molecule has 1 nitrogen and oxygen atoms in total. The van der Waals surface area contributed by atoms with Crippen molar-refractivity contribution in [3.63, 3.8) is 0 Å². The molecule has 0 aliphatic heterocycles. The average Bonchev–Trinajstić information content (AvgIpc) is 1.98. The second-order valence-electron chi connectivity index (χ2n) is 2.18. The lowest BCUT2D eigenvalue weighted by Crippen LogP contribution is -1.99. The quantitative estimate of drug-likeness (QED) is 0.413. The van der Waals surface area contributed by atoms with Crippen LogP contribution in [0.5, 0.6) is 0 Å². The van der Waals surface area contributed by atoms with Gasteiger partial charge in [0.15, 0.2) is 0 Å². The highest BCUT2D eigenvalue weighted by atomic mass is 127. The van der Waals surface area contributed by atoms with Gasteiger partial charge in [-0.05, 0) is 17.3 Å². The maximum absolute atomic E-state index is 10.9. The van der Waals surface area contributed by atoms with Crippen LogP contribution in [0.25, 0.3) is 0 Å². The second-order valence-corrected chi connectivity index (χ2v) is 5.13. The summed E-state index contributed by atoms with van der Waals surface area (Å²) >= 11 is 2.38. The normalized spacial score (nSPS) is 13.4. The molecule has 0 rings (SSSR count). The molecule has 0 bridgehead atoms. The fourth-order valence-electron chi connectivity index (χ4n) is 0.679. The Morgan fingerprint density at radius 1 is 1.30 bits per heavy atom. The van der Waals surface area contributed by atoms with E-state index >= 15 is 0 Å². The van der Waals surface area contributed by atoms with Crippen LogP contribution in [-0.4, -0.2) is 20.1 Å². The lowest BCUT2D eigenvalue weighted by molar-refractivity contribution is 0.677. The van der Waals surface area contributed by atoms with Crippen LogP contribution in [0.4, 0.5) is 0 Å². The summed E-state index contributed by atoms with van der Waals surface area (Å²) in [7, 11) is -0.533. The van der Waals surface area contributed by atoms with E-state index in [0.717, 1.165) is 17.9 Å². The molecule has 1 atom stereocenters. The van der Waals surface area contributed by atoms with E-state index in [1.54, 1.807) is 0 Å². The maximum atomic E-state index is 10.9. The molecule has 0 saturated carbocycles. The first-order valence-electron chi connectivity index (χ1n) is 3.72. The Kier molecular flexibility index (Phi) is 8.68. The number of unbranched alkanes of at least 4 members (excludes halogenated alkanes) is 2. The smallest absolute Gasteiger partial charge is 0.0234 e. The number of alkyl halides is 1. The monoisotopic (exact) mass is 274 g/mol. The van der Waals surface area contributed by atoms with Gasteiger partial charge in [-0.25, -0.2) is 0 Å². The number of rotatable bonds is 6. The van der Waals surface area contributed by atoms with Gasteiger partial charge in [-0.2, -0.15) is 0 Å². The van der Waals surface area contributed by atoms with Gasteiger partial charge in [0, 0.05) is 22.3 Å². The molecule has 0 saturated heterocycles. The van der Waals surface area contributed by atoms with E-state index in [0.29, 0.717) is 0 Å².